The van der Waals surface area contributed by atoms with Crippen LogP contribution in [0.5, 0.6) is 0 Å². The molecule has 0 aliphatic heterocycles. The fourth-order valence-electron chi connectivity index (χ4n) is 3.95. The molecule has 0 saturated heterocycles. The number of fused-ring (bicyclic) bond motifs is 3. The van der Waals surface area contributed by atoms with Gasteiger partial charge in [0.1, 0.15) is 19.3 Å². The van der Waals surface area contributed by atoms with E-state index in [1.54, 1.807) is 7.11 Å². The van der Waals surface area contributed by atoms with Crippen LogP contribution in [0.25, 0.3) is 11.3 Å². The fraction of sp³-hybridized carbons (Fsp3) is 0.476. The Morgan fingerprint density at radius 3 is 2.74 bits per heavy atom. The first-order chi connectivity index (χ1) is 12.9. The summed E-state index contributed by atoms with van der Waals surface area (Å²) in [5.41, 5.74) is 11.8. The Labute approximate surface area is 161 Å². The highest BCUT2D eigenvalue weighted by molar-refractivity contribution is 6.15. The van der Waals surface area contributed by atoms with Gasteiger partial charge >= 0.3 is 0 Å². The van der Waals surface area contributed by atoms with Crippen LogP contribution in [-0.4, -0.2) is 36.4 Å². The van der Waals surface area contributed by atoms with Crippen LogP contribution in [0, 0.1) is 5.92 Å². The van der Waals surface area contributed by atoms with E-state index in [0.29, 0.717) is 11.7 Å². The van der Waals surface area contributed by atoms with Gasteiger partial charge in [0, 0.05) is 22.1 Å². The molecule has 3 N–H and O–H groups in total. The molecule has 27 heavy (non-hydrogen) atoms. The van der Waals surface area contributed by atoms with Crippen molar-refractivity contribution in [2.24, 2.45) is 11.1 Å². The van der Waals surface area contributed by atoms with Gasteiger partial charge in [0.25, 0.3) is 0 Å². The number of nitrogens with one attached hydrogen (secondary N) is 1. The summed E-state index contributed by atoms with van der Waals surface area (Å²) in [6.45, 7) is 7.50. The molecule has 1 aromatic carbocycles. The van der Waals surface area contributed by atoms with E-state index in [4.69, 9.17) is 10.6 Å². The number of aromatic nitrogens is 2. The Balaban J connectivity index is 2.11. The maximum atomic E-state index is 6.22. The molecule has 0 spiro atoms. The van der Waals surface area contributed by atoms with E-state index in [0.717, 1.165) is 47.5 Å². The Hall–Kier alpha value is -2.47. The predicted octanol–water partition coefficient (Wildman–Crippen LogP) is 3.16. The lowest BCUT2D eigenvalue weighted by Gasteiger charge is -2.34. The summed E-state index contributed by atoms with van der Waals surface area (Å²) >= 11 is 0. The third-order valence-electron chi connectivity index (χ3n) is 5.34. The first-order valence-electron chi connectivity index (χ1n) is 9.41. The molecule has 3 rings (SSSR count). The summed E-state index contributed by atoms with van der Waals surface area (Å²) in [5.74, 6) is 1.09. The van der Waals surface area contributed by atoms with Crippen LogP contribution in [0.2, 0.25) is 0 Å². The highest BCUT2D eigenvalue weighted by Crippen LogP contribution is 2.44. The average molecular weight is 367 g/mol. The molecule has 6 nitrogen and oxygen atoms in total. The van der Waals surface area contributed by atoms with Crippen molar-refractivity contribution in [2.45, 2.75) is 39.0 Å². The lowest BCUT2D eigenvalue weighted by molar-refractivity contribution is 0.211. The SMILES string of the molecule is CNCCC(C)Cc1ccc2c(c1)/C(=N\OC)C(C)(C)c1c(N)ncnc1-2. The molecule has 0 amide bonds. The molecule has 1 aliphatic rings. The fourth-order valence-corrected chi connectivity index (χ4v) is 3.95. The van der Waals surface area contributed by atoms with Crippen molar-refractivity contribution in [1.29, 1.82) is 0 Å². The van der Waals surface area contributed by atoms with Crippen molar-refractivity contribution in [2.75, 3.05) is 26.4 Å². The van der Waals surface area contributed by atoms with Gasteiger partial charge in [-0.1, -0.05) is 24.2 Å². The molecular weight excluding hydrogens is 338 g/mol. The van der Waals surface area contributed by atoms with E-state index < -0.39 is 5.41 Å². The molecule has 0 fully saturated rings. The molecule has 1 aromatic heterocycles. The largest absolute Gasteiger partial charge is 0.399 e. The van der Waals surface area contributed by atoms with Crippen LogP contribution in [-0.2, 0) is 16.7 Å². The van der Waals surface area contributed by atoms with Gasteiger partial charge in [-0.05, 0) is 57.8 Å². The number of hydrogen-bond acceptors (Lipinski definition) is 6. The van der Waals surface area contributed by atoms with Gasteiger partial charge < -0.3 is 15.9 Å². The molecule has 2 aromatic rings. The van der Waals surface area contributed by atoms with Crippen molar-refractivity contribution in [3.05, 3.63) is 41.2 Å². The van der Waals surface area contributed by atoms with Gasteiger partial charge in [0.05, 0.1) is 11.4 Å². The maximum absolute atomic E-state index is 6.22. The zero-order chi connectivity index (χ0) is 19.6. The minimum absolute atomic E-state index is 0.444. The van der Waals surface area contributed by atoms with E-state index in [9.17, 15) is 0 Å². The van der Waals surface area contributed by atoms with Crippen LogP contribution in [0.4, 0.5) is 5.82 Å². The van der Waals surface area contributed by atoms with Crippen molar-refractivity contribution < 1.29 is 4.84 Å². The number of benzene rings is 1. The number of nitrogens with zero attached hydrogens (tertiary/aromatic N) is 3. The number of nitrogen functional groups attached to an aromatic ring is 1. The van der Waals surface area contributed by atoms with Crippen LogP contribution in [0.3, 0.4) is 0 Å². The molecule has 1 atom stereocenters. The first-order valence-corrected chi connectivity index (χ1v) is 9.41. The molecule has 1 aliphatic carbocycles. The molecule has 144 valence electrons. The summed E-state index contributed by atoms with van der Waals surface area (Å²) in [7, 11) is 3.57. The van der Waals surface area contributed by atoms with Gasteiger partial charge in [-0.15, -0.1) is 0 Å². The molecule has 0 bridgehead atoms. The molecule has 6 heteroatoms. The van der Waals surface area contributed by atoms with Crippen molar-refractivity contribution >= 4 is 11.5 Å². The minimum atomic E-state index is -0.444. The first kappa shape index (κ1) is 19.3. The average Bonchev–Trinajstić information content (AvgIpc) is 2.63. The van der Waals surface area contributed by atoms with Crippen molar-refractivity contribution in [3.63, 3.8) is 0 Å². The maximum Gasteiger partial charge on any atom is 0.131 e. The summed E-state index contributed by atoms with van der Waals surface area (Å²) in [4.78, 5) is 14.0. The number of rotatable bonds is 6. The number of hydrogen-bond donors (Lipinski definition) is 2. The molecule has 1 heterocycles. The lowest BCUT2D eigenvalue weighted by Crippen LogP contribution is -2.36. The van der Waals surface area contributed by atoms with E-state index in [2.05, 4.69) is 59.4 Å². The van der Waals surface area contributed by atoms with Gasteiger partial charge in [-0.25, -0.2) is 9.97 Å². The number of oxime groups is 1. The lowest BCUT2D eigenvalue weighted by atomic mass is 9.70. The second-order valence-electron chi connectivity index (χ2n) is 7.81. The topological polar surface area (TPSA) is 85.4 Å². The van der Waals surface area contributed by atoms with Crippen molar-refractivity contribution in [1.82, 2.24) is 15.3 Å². The van der Waals surface area contributed by atoms with Gasteiger partial charge in [0.2, 0.25) is 0 Å². The summed E-state index contributed by atoms with van der Waals surface area (Å²) in [5, 5.41) is 7.61. The highest BCUT2D eigenvalue weighted by atomic mass is 16.6. The zero-order valence-electron chi connectivity index (χ0n) is 16.8. The highest BCUT2D eigenvalue weighted by Gasteiger charge is 2.40. The van der Waals surface area contributed by atoms with Crippen LogP contribution < -0.4 is 11.1 Å². The van der Waals surface area contributed by atoms with E-state index in [1.165, 1.54) is 11.9 Å². The Morgan fingerprint density at radius 2 is 2.04 bits per heavy atom. The van der Waals surface area contributed by atoms with Crippen LogP contribution in [0.1, 0.15) is 43.9 Å². The van der Waals surface area contributed by atoms with Crippen LogP contribution in [0.15, 0.2) is 29.7 Å². The van der Waals surface area contributed by atoms with Gasteiger partial charge in [-0.3, -0.25) is 0 Å². The van der Waals surface area contributed by atoms with E-state index >= 15 is 0 Å². The molecule has 0 radical (unpaired) electrons. The van der Waals surface area contributed by atoms with Gasteiger partial charge in [0.15, 0.2) is 0 Å². The smallest absolute Gasteiger partial charge is 0.131 e. The summed E-state index contributed by atoms with van der Waals surface area (Å²) in [6.07, 6.45) is 3.69. The third kappa shape index (κ3) is 3.54. The number of anilines is 1. The Kier molecular flexibility index (Phi) is 5.46. The monoisotopic (exact) mass is 367 g/mol. The predicted molar refractivity (Wildman–Crippen MR) is 110 cm³/mol. The van der Waals surface area contributed by atoms with E-state index in [-0.39, 0.29) is 0 Å². The standard InChI is InChI=1S/C21H29N5O/c1-13(8-9-23-4)10-14-6-7-15-16(11-14)19(26-27-5)21(2,3)17-18(15)24-12-25-20(17)22/h6-7,11-13,23H,8-10H2,1-5H3,(H2,22,24,25)/b26-19+. The normalized spacial score (nSPS) is 17.3. The number of nitrogens with two attached hydrogens (primary N) is 1. The quantitative estimate of drug-likeness (QED) is 0.766. The zero-order valence-corrected chi connectivity index (χ0v) is 16.8. The summed E-state index contributed by atoms with van der Waals surface area (Å²) < 4.78 is 0. The van der Waals surface area contributed by atoms with Crippen LogP contribution >= 0.6 is 0 Å². The molecule has 0 saturated carbocycles. The molecular formula is C21H29N5O. The summed E-state index contributed by atoms with van der Waals surface area (Å²) in [6, 6.07) is 6.53. The van der Waals surface area contributed by atoms with E-state index in [1.807, 2.05) is 7.05 Å². The third-order valence-corrected chi connectivity index (χ3v) is 5.34. The van der Waals surface area contributed by atoms with Crippen molar-refractivity contribution in [3.8, 4) is 11.3 Å². The Morgan fingerprint density at radius 1 is 1.26 bits per heavy atom. The molecule has 1 unspecified atom stereocenters. The second-order valence-corrected chi connectivity index (χ2v) is 7.81. The second kappa shape index (κ2) is 7.64. The Bertz CT molecular complexity index is 860. The van der Waals surface area contributed by atoms with Gasteiger partial charge in [-0.2, -0.15) is 0 Å². The minimum Gasteiger partial charge on any atom is -0.399 e.